The van der Waals surface area contributed by atoms with Crippen molar-refractivity contribution < 1.29 is 27.9 Å². The second-order valence-corrected chi connectivity index (χ2v) is 9.67. The van der Waals surface area contributed by atoms with Gasteiger partial charge in [-0.15, -0.1) is 0 Å². The van der Waals surface area contributed by atoms with Crippen LogP contribution >= 0.6 is 0 Å². The third-order valence-electron chi connectivity index (χ3n) is 6.44. The highest BCUT2D eigenvalue weighted by atomic mass is 19.4. The molecule has 3 N–H and O–H groups in total. The second-order valence-electron chi connectivity index (χ2n) is 9.67. The maximum absolute atomic E-state index is 13.2. The van der Waals surface area contributed by atoms with Crippen molar-refractivity contribution in [2.45, 2.75) is 45.5 Å². The molecule has 1 fully saturated rings. The summed E-state index contributed by atoms with van der Waals surface area (Å²) in [6.07, 6.45) is -0.484. The zero-order valence-corrected chi connectivity index (χ0v) is 21.5. The van der Waals surface area contributed by atoms with E-state index in [-0.39, 0.29) is 6.03 Å². The maximum Gasteiger partial charge on any atom is 0.490 e. The molecule has 5 rings (SSSR count). The third kappa shape index (κ3) is 5.82. The van der Waals surface area contributed by atoms with Gasteiger partial charge in [0, 0.05) is 73.5 Å². The number of aromatic nitrogens is 3. The topological polar surface area (TPSA) is 116 Å². The van der Waals surface area contributed by atoms with Crippen LogP contribution in [0, 0.1) is 6.92 Å². The highest BCUT2D eigenvalue weighted by Crippen LogP contribution is 2.35. The molecule has 0 saturated carbocycles. The largest absolute Gasteiger partial charge is 0.490 e. The Morgan fingerprint density at radius 3 is 2.47 bits per heavy atom. The van der Waals surface area contributed by atoms with E-state index in [9.17, 15) is 18.0 Å². The molecular weight excluding hydrogens is 503 g/mol. The van der Waals surface area contributed by atoms with Gasteiger partial charge in [0.1, 0.15) is 5.82 Å². The Morgan fingerprint density at radius 1 is 1.18 bits per heavy atom. The van der Waals surface area contributed by atoms with E-state index in [0.29, 0.717) is 18.6 Å². The minimum Gasteiger partial charge on any atom is -0.475 e. The molecule has 10 nitrogen and oxygen atoms in total. The van der Waals surface area contributed by atoms with Gasteiger partial charge in [0.25, 0.3) is 0 Å². The SMILES string of the molecule is Cc1cc2nn(C)cc2cc1NC(=O)N1CCc2c(N3C[C@@H](C)N[C@@H](C)C3)ccnc21.O=C(O)C(F)(F)F. The van der Waals surface area contributed by atoms with Gasteiger partial charge >= 0.3 is 18.2 Å². The van der Waals surface area contributed by atoms with Crippen LogP contribution in [-0.4, -0.2) is 69.8 Å². The van der Waals surface area contributed by atoms with E-state index in [0.717, 1.165) is 47.5 Å². The number of hydrogen-bond acceptors (Lipinski definition) is 6. The number of alkyl halides is 3. The van der Waals surface area contributed by atoms with Crippen molar-refractivity contribution in [2.24, 2.45) is 7.05 Å². The number of aryl methyl sites for hydroxylation is 2. The lowest BCUT2D eigenvalue weighted by Gasteiger charge is -2.38. The smallest absolute Gasteiger partial charge is 0.475 e. The molecule has 204 valence electrons. The quantitative estimate of drug-likeness (QED) is 0.460. The van der Waals surface area contributed by atoms with Gasteiger partial charge < -0.3 is 20.6 Å². The van der Waals surface area contributed by atoms with Gasteiger partial charge in [-0.2, -0.15) is 18.3 Å². The summed E-state index contributed by atoms with van der Waals surface area (Å²) in [4.78, 5) is 30.9. The Labute approximate surface area is 217 Å². The molecule has 3 aromatic rings. The van der Waals surface area contributed by atoms with Crippen LogP contribution in [0.25, 0.3) is 10.9 Å². The number of piperazine rings is 1. The zero-order chi connectivity index (χ0) is 27.8. The monoisotopic (exact) mass is 533 g/mol. The van der Waals surface area contributed by atoms with E-state index in [1.807, 2.05) is 38.5 Å². The molecule has 4 heterocycles. The summed E-state index contributed by atoms with van der Waals surface area (Å²) >= 11 is 0. The number of benzene rings is 1. The fraction of sp³-hybridized carbons (Fsp3) is 0.440. The highest BCUT2D eigenvalue weighted by molar-refractivity contribution is 6.04. The van der Waals surface area contributed by atoms with Gasteiger partial charge in [0.2, 0.25) is 0 Å². The molecule has 2 aromatic heterocycles. The molecule has 2 aliphatic rings. The number of pyridine rings is 1. The van der Waals surface area contributed by atoms with Crippen molar-refractivity contribution >= 4 is 40.1 Å². The van der Waals surface area contributed by atoms with Crippen LogP contribution in [0.15, 0.2) is 30.6 Å². The normalized spacial score (nSPS) is 19.1. The van der Waals surface area contributed by atoms with E-state index in [4.69, 9.17) is 9.90 Å². The summed E-state index contributed by atoms with van der Waals surface area (Å²) in [5.41, 5.74) is 5.09. The molecule has 1 aromatic carbocycles. The number of carbonyl (C=O) groups is 2. The molecule has 38 heavy (non-hydrogen) atoms. The Morgan fingerprint density at radius 2 is 1.84 bits per heavy atom. The molecule has 2 amide bonds. The van der Waals surface area contributed by atoms with Crippen molar-refractivity contribution in [3.05, 3.63) is 41.7 Å². The summed E-state index contributed by atoms with van der Waals surface area (Å²) in [5.74, 6) is -1.98. The van der Waals surface area contributed by atoms with Gasteiger partial charge in [-0.25, -0.2) is 14.6 Å². The first-order valence-electron chi connectivity index (χ1n) is 12.1. The fourth-order valence-corrected chi connectivity index (χ4v) is 4.91. The van der Waals surface area contributed by atoms with Gasteiger partial charge in [-0.1, -0.05) is 0 Å². The van der Waals surface area contributed by atoms with Crippen LogP contribution in [0.2, 0.25) is 0 Å². The lowest BCUT2D eigenvalue weighted by Crippen LogP contribution is -2.54. The highest BCUT2D eigenvalue weighted by Gasteiger charge is 2.38. The Kier molecular flexibility index (Phi) is 7.49. The molecule has 0 bridgehead atoms. The average molecular weight is 534 g/mol. The van der Waals surface area contributed by atoms with Crippen molar-refractivity contribution in [1.29, 1.82) is 0 Å². The van der Waals surface area contributed by atoms with Gasteiger partial charge in [0.15, 0.2) is 0 Å². The lowest BCUT2D eigenvalue weighted by molar-refractivity contribution is -0.192. The summed E-state index contributed by atoms with van der Waals surface area (Å²) in [6.45, 7) is 8.96. The molecular formula is C25H30F3N7O3. The van der Waals surface area contributed by atoms with Gasteiger partial charge in [0.05, 0.1) is 5.52 Å². The van der Waals surface area contributed by atoms with Crippen LogP contribution in [0.5, 0.6) is 0 Å². The summed E-state index contributed by atoms with van der Waals surface area (Å²) in [6, 6.07) is 6.80. The maximum atomic E-state index is 13.2. The minimum absolute atomic E-state index is 0.142. The molecule has 0 spiro atoms. The number of hydrogen-bond donors (Lipinski definition) is 3. The summed E-state index contributed by atoms with van der Waals surface area (Å²) in [5, 5.41) is 19.2. The Balaban J connectivity index is 0.000000426. The molecule has 2 atom stereocenters. The predicted molar refractivity (Wildman–Crippen MR) is 138 cm³/mol. The first-order valence-corrected chi connectivity index (χ1v) is 12.1. The number of anilines is 3. The van der Waals surface area contributed by atoms with Crippen molar-refractivity contribution in [3.63, 3.8) is 0 Å². The van der Waals surface area contributed by atoms with Crippen molar-refractivity contribution in [1.82, 2.24) is 20.1 Å². The van der Waals surface area contributed by atoms with Crippen LogP contribution < -0.4 is 20.4 Å². The first-order chi connectivity index (χ1) is 17.8. The van der Waals surface area contributed by atoms with E-state index in [1.54, 1.807) is 9.58 Å². The van der Waals surface area contributed by atoms with E-state index in [1.165, 1.54) is 11.3 Å². The van der Waals surface area contributed by atoms with E-state index in [2.05, 4.69) is 45.5 Å². The number of amides is 2. The van der Waals surface area contributed by atoms with Crippen LogP contribution in [-0.2, 0) is 18.3 Å². The number of carbonyl (C=O) groups excluding carboxylic acids is 1. The number of fused-ring (bicyclic) bond motifs is 2. The minimum atomic E-state index is -5.08. The number of nitrogens with one attached hydrogen (secondary N) is 2. The van der Waals surface area contributed by atoms with Gasteiger partial charge in [-0.3, -0.25) is 9.58 Å². The fourth-order valence-electron chi connectivity index (χ4n) is 4.91. The summed E-state index contributed by atoms with van der Waals surface area (Å²) in [7, 11) is 1.90. The molecule has 2 aliphatic heterocycles. The van der Waals surface area contributed by atoms with Crippen molar-refractivity contribution in [3.8, 4) is 0 Å². The number of carboxylic acid groups (broad SMARTS) is 1. The van der Waals surface area contributed by atoms with Crippen molar-refractivity contribution in [2.75, 3.05) is 34.8 Å². The van der Waals surface area contributed by atoms with Crippen LogP contribution in [0.3, 0.4) is 0 Å². The Bertz CT molecular complexity index is 1350. The van der Waals surface area contributed by atoms with E-state index >= 15 is 0 Å². The zero-order valence-electron chi connectivity index (χ0n) is 21.5. The summed E-state index contributed by atoms with van der Waals surface area (Å²) < 4.78 is 33.5. The number of rotatable bonds is 2. The standard InChI is InChI=1S/C23H29N7O.C2HF3O2/c1-14-9-20-17(13-28(4)27-20)10-19(14)26-23(31)30-8-6-18-21(5-7-24-22(18)30)29-11-15(2)25-16(3)12-29;3-2(4,5)1(6)7/h5,7,9-10,13,15-16,25H,6,8,11-12H2,1-4H3,(H,26,31);(H,6,7)/t15-,16+;. The number of urea groups is 1. The van der Waals surface area contributed by atoms with E-state index < -0.39 is 12.1 Å². The molecule has 13 heteroatoms. The first kappa shape index (κ1) is 27.2. The van der Waals surface area contributed by atoms with Crippen LogP contribution in [0.4, 0.5) is 35.2 Å². The third-order valence-corrected chi connectivity index (χ3v) is 6.44. The lowest BCUT2D eigenvalue weighted by atomic mass is 10.1. The second kappa shape index (κ2) is 10.5. The Hall–Kier alpha value is -3.87. The number of carboxylic acids is 1. The molecule has 0 aliphatic carbocycles. The number of nitrogens with zero attached hydrogens (tertiary/aromatic N) is 5. The average Bonchev–Trinajstić information content (AvgIpc) is 3.40. The van der Waals surface area contributed by atoms with Crippen LogP contribution in [0.1, 0.15) is 25.0 Å². The number of halogens is 3. The molecule has 0 unspecified atom stereocenters. The number of aliphatic carboxylic acids is 1. The predicted octanol–water partition coefficient (Wildman–Crippen LogP) is 3.69. The molecule has 0 radical (unpaired) electrons. The van der Waals surface area contributed by atoms with Gasteiger partial charge in [-0.05, 0) is 51.0 Å². The molecule has 1 saturated heterocycles.